The van der Waals surface area contributed by atoms with E-state index in [4.69, 9.17) is 5.26 Å². The number of rotatable bonds is 4. The van der Waals surface area contributed by atoms with Crippen LogP contribution in [0.4, 0.5) is 0 Å². The number of benzene rings is 2. The topological polar surface area (TPSA) is 70.0 Å². The summed E-state index contributed by atoms with van der Waals surface area (Å²) in [5, 5.41) is 8.92. The molecule has 0 aliphatic rings. The van der Waals surface area contributed by atoms with E-state index in [1.54, 1.807) is 12.1 Å². The molecule has 0 radical (unpaired) electrons. The molecule has 0 atom stereocenters. The summed E-state index contributed by atoms with van der Waals surface area (Å²) in [6, 6.07) is 17.2. The third kappa shape index (κ3) is 3.19. The number of hydrogen-bond donors (Lipinski definition) is 1. The molecule has 19 heavy (non-hydrogen) atoms. The second-order valence-corrected chi connectivity index (χ2v) is 5.65. The summed E-state index contributed by atoms with van der Waals surface area (Å²) in [4.78, 5) is 0.00781. The molecule has 0 heterocycles. The number of hydrogen-bond acceptors (Lipinski definition) is 3. The van der Waals surface area contributed by atoms with Crippen molar-refractivity contribution in [3.63, 3.8) is 0 Å². The zero-order chi connectivity index (χ0) is 13.7. The van der Waals surface area contributed by atoms with Crippen molar-refractivity contribution in [1.82, 2.24) is 4.72 Å². The van der Waals surface area contributed by atoms with E-state index in [9.17, 15) is 8.42 Å². The van der Waals surface area contributed by atoms with Crippen molar-refractivity contribution < 1.29 is 8.42 Å². The SMILES string of the molecule is N#Cc1ccccc1S(=O)(=O)NCc1ccccc1. The van der Waals surface area contributed by atoms with Gasteiger partial charge in [-0.15, -0.1) is 0 Å². The van der Waals surface area contributed by atoms with E-state index in [-0.39, 0.29) is 17.0 Å². The molecule has 1 N–H and O–H groups in total. The first-order chi connectivity index (χ1) is 9.13. The Kier molecular flexibility index (Phi) is 3.95. The van der Waals surface area contributed by atoms with Gasteiger partial charge in [0, 0.05) is 6.54 Å². The van der Waals surface area contributed by atoms with E-state index in [0.29, 0.717) is 0 Å². The van der Waals surface area contributed by atoms with Crippen molar-refractivity contribution in [2.24, 2.45) is 0 Å². The van der Waals surface area contributed by atoms with Crippen LogP contribution in [0.5, 0.6) is 0 Å². The van der Waals surface area contributed by atoms with E-state index < -0.39 is 10.0 Å². The fraction of sp³-hybridized carbons (Fsp3) is 0.0714. The van der Waals surface area contributed by atoms with Crippen LogP contribution >= 0.6 is 0 Å². The molecular formula is C14H12N2O2S. The largest absolute Gasteiger partial charge is 0.242 e. The van der Waals surface area contributed by atoms with Crippen molar-refractivity contribution in [3.05, 3.63) is 65.7 Å². The van der Waals surface area contributed by atoms with Gasteiger partial charge in [-0.1, -0.05) is 42.5 Å². The predicted molar refractivity (Wildman–Crippen MR) is 71.6 cm³/mol. The van der Waals surface area contributed by atoms with Gasteiger partial charge >= 0.3 is 0 Å². The highest BCUT2D eigenvalue weighted by atomic mass is 32.2. The summed E-state index contributed by atoms with van der Waals surface area (Å²) >= 11 is 0. The Hall–Kier alpha value is -2.16. The first-order valence-corrected chi connectivity index (χ1v) is 7.14. The Bertz CT molecular complexity index is 704. The first kappa shape index (κ1) is 13.3. The zero-order valence-corrected chi connectivity index (χ0v) is 10.9. The maximum atomic E-state index is 12.1. The van der Waals surface area contributed by atoms with Crippen molar-refractivity contribution in [2.75, 3.05) is 0 Å². The van der Waals surface area contributed by atoms with Crippen molar-refractivity contribution in [1.29, 1.82) is 5.26 Å². The molecule has 0 aliphatic heterocycles. The van der Waals surface area contributed by atoms with E-state index in [0.717, 1.165) is 5.56 Å². The fourth-order valence-electron chi connectivity index (χ4n) is 1.65. The number of nitrogens with one attached hydrogen (secondary N) is 1. The van der Waals surface area contributed by atoms with E-state index >= 15 is 0 Å². The average Bonchev–Trinajstić information content (AvgIpc) is 2.46. The van der Waals surface area contributed by atoms with Gasteiger partial charge in [-0.25, -0.2) is 13.1 Å². The summed E-state index contributed by atoms with van der Waals surface area (Å²) in [7, 11) is -3.67. The lowest BCUT2D eigenvalue weighted by Gasteiger charge is -2.08. The predicted octanol–water partition coefficient (Wildman–Crippen LogP) is 2.04. The normalized spacial score (nSPS) is 10.9. The van der Waals surface area contributed by atoms with Crippen molar-refractivity contribution in [3.8, 4) is 6.07 Å². The Labute approximate surface area is 112 Å². The van der Waals surface area contributed by atoms with Crippen LogP contribution in [0.15, 0.2) is 59.5 Å². The van der Waals surface area contributed by atoms with E-state index in [1.807, 2.05) is 36.4 Å². The number of nitrogens with zero attached hydrogens (tertiary/aromatic N) is 1. The van der Waals surface area contributed by atoms with Gasteiger partial charge in [-0.05, 0) is 17.7 Å². The summed E-state index contributed by atoms with van der Waals surface area (Å²) in [5.41, 5.74) is 1.00. The molecule has 0 amide bonds. The molecule has 0 bridgehead atoms. The van der Waals surface area contributed by atoms with Crippen LogP contribution in [0.2, 0.25) is 0 Å². The molecule has 2 rings (SSSR count). The van der Waals surface area contributed by atoms with Gasteiger partial charge in [0.1, 0.15) is 6.07 Å². The lowest BCUT2D eigenvalue weighted by atomic mass is 10.2. The van der Waals surface area contributed by atoms with Crippen LogP contribution in [0.1, 0.15) is 11.1 Å². The standard InChI is InChI=1S/C14H12N2O2S/c15-10-13-8-4-5-9-14(13)19(17,18)16-11-12-6-2-1-3-7-12/h1-9,16H,11H2. The number of nitriles is 1. The molecule has 0 saturated carbocycles. The summed E-state index contributed by atoms with van der Waals surface area (Å²) in [6.45, 7) is 0.197. The van der Waals surface area contributed by atoms with Crippen LogP contribution in [0.25, 0.3) is 0 Å². The summed E-state index contributed by atoms with van der Waals surface area (Å²) in [5.74, 6) is 0. The molecule has 2 aromatic rings. The Morgan fingerprint density at radius 1 is 1.00 bits per heavy atom. The molecule has 2 aromatic carbocycles. The highest BCUT2D eigenvalue weighted by Crippen LogP contribution is 2.14. The summed E-state index contributed by atoms with van der Waals surface area (Å²) in [6.07, 6.45) is 0. The lowest BCUT2D eigenvalue weighted by molar-refractivity contribution is 0.581. The minimum atomic E-state index is -3.67. The van der Waals surface area contributed by atoms with Crippen LogP contribution in [-0.2, 0) is 16.6 Å². The molecule has 0 unspecified atom stereocenters. The van der Waals surface area contributed by atoms with Crippen LogP contribution in [-0.4, -0.2) is 8.42 Å². The maximum absolute atomic E-state index is 12.1. The molecule has 96 valence electrons. The lowest BCUT2D eigenvalue weighted by Crippen LogP contribution is -2.24. The molecular weight excluding hydrogens is 260 g/mol. The Morgan fingerprint density at radius 3 is 2.32 bits per heavy atom. The minimum Gasteiger partial charge on any atom is -0.207 e. The van der Waals surface area contributed by atoms with Crippen LogP contribution in [0.3, 0.4) is 0 Å². The second kappa shape index (κ2) is 5.65. The number of sulfonamides is 1. The molecule has 0 spiro atoms. The van der Waals surface area contributed by atoms with Gasteiger partial charge in [-0.2, -0.15) is 5.26 Å². The van der Waals surface area contributed by atoms with Gasteiger partial charge in [-0.3, -0.25) is 0 Å². The average molecular weight is 272 g/mol. The molecule has 0 saturated heterocycles. The van der Waals surface area contributed by atoms with Gasteiger partial charge < -0.3 is 0 Å². The van der Waals surface area contributed by atoms with E-state index in [1.165, 1.54) is 12.1 Å². The maximum Gasteiger partial charge on any atom is 0.242 e. The summed E-state index contributed by atoms with van der Waals surface area (Å²) < 4.78 is 26.7. The molecule has 0 fully saturated rings. The third-order valence-electron chi connectivity index (χ3n) is 2.61. The minimum absolute atomic E-state index is 0.00781. The quantitative estimate of drug-likeness (QED) is 0.925. The molecule has 0 aliphatic carbocycles. The highest BCUT2D eigenvalue weighted by molar-refractivity contribution is 7.89. The monoisotopic (exact) mass is 272 g/mol. The van der Waals surface area contributed by atoms with Gasteiger partial charge in [0.15, 0.2) is 0 Å². The highest BCUT2D eigenvalue weighted by Gasteiger charge is 2.17. The first-order valence-electron chi connectivity index (χ1n) is 5.66. The van der Waals surface area contributed by atoms with Gasteiger partial charge in [0.25, 0.3) is 0 Å². The zero-order valence-electron chi connectivity index (χ0n) is 10.1. The Balaban J connectivity index is 2.22. The van der Waals surface area contributed by atoms with Crippen molar-refractivity contribution >= 4 is 10.0 Å². The fourth-order valence-corrected chi connectivity index (χ4v) is 2.82. The molecule has 0 aromatic heterocycles. The second-order valence-electron chi connectivity index (χ2n) is 3.92. The van der Waals surface area contributed by atoms with Gasteiger partial charge in [0.05, 0.1) is 10.5 Å². The van der Waals surface area contributed by atoms with Crippen molar-refractivity contribution in [2.45, 2.75) is 11.4 Å². The Morgan fingerprint density at radius 2 is 1.63 bits per heavy atom. The van der Waals surface area contributed by atoms with E-state index in [2.05, 4.69) is 4.72 Å². The molecule has 5 heteroatoms. The molecule has 4 nitrogen and oxygen atoms in total. The third-order valence-corrected chi connectivity index (χ3v) is 4.07. The van der Waals surface area contributed by atoms with Crippen LogP contribution in [0, 0.1) is 11.3 Å². The smallest absolute Gasteiger partial charge is 0.207 e. The van der Waals surface area contributed by atoms with Crippen LogP contribution < -0.4 is 4.72 Å². The van der Waals surface area contributed by atoms with Gasteiger partial charge in [0.2, 0.25) is 10.0 Å².